The van der Waals surface area contributed by atoms with Crippen molar-refractivity contribution in [2.45, 2.75) is 6.42 Å². The monoisotopic (exact) mass is 334 g/mol. The maximum absolute atomic E-state index is 12.7. The summed E-state index contributed by atoms with van der Waals surface area (Å²) in [7, 11) is 3.15. The smallest absolute Gasteiger partial charge is 0.257 e. The van der Waals surface area contributed by atoms with Crippen molar-refractivity contribution in [1.82, 2.24) is 10.3 Å². The maximum atomic E-state index is 12.7. The molecule has 128 valence electrons. The Morgan fingerprint density at radius 2 is 1.96 bits per heavy atom. The molecule has 0 aliphatic heterocycles. The number of pyridine rings is 1. The van der Waals surface area contributed by atoms with Crippen molar-refractivity contribution >= 4 is 5.91 Å². The lowest BCUT2D eigenvalue weighted by Gasteiger charge is -2.10. The lowest BCUT2D eigenvalue weighted by molar-refractivity contribution is -0.123. The van der Waals surface area contributed by atoms with E-state index in [4.69, 9.17) is 14.2 Å². The largest absolute Gasteiger partial charge is 0.493 e. The summed E-state index contributed by atoms with van der Waals surface area (Å²) in [5.41, 5.74) is 1.01. The number of methoxy groups -OCH3 is 2. The summed E-state index contributed by atoms with van der Waals surface area (Å²) in [4.78, 5) is 15.2. The normalized spacial score (nSPS) is 10.1. The molecule has 1 heterocycles. The van der Waals surface area contributed by atoms with Crippen LogP contribution >= 0.6 is 0 Å². The summed E-state index contributed by atoms with van der Waals surface area (Å²) in [6, 6.07) is 8.18. The van der Waals surface area contributed by atoms with Crippen molar-refractivity contribution in [3.8, 4) is 17.2 Å². The Morgan fingerprint density at radius 1 is 1.17 bits per heavy atom. The SMILES string of the molecule is COc1ccc(CCNC(=O)COc2ccc(F)nc2)cc1OC. The van der Waals surface area contributed by atoms with Crippen LogP contribution in [0.3, 0.4) is 0 Å². The highest BCUT2D eigenvalue weighted by molar-refractivity contribution is 5.77. The van der Waals surface area contributed by atoms with Gasteiger partial charge in [-0.25, -0.2) is 4.98 Å². The van der Waals surface area contributed by atoms with E-state index in [1.54, 1.807) is 14.2 Å². The van der Waals surface area contributed by atoms with Gasteiger partial charge < -0.3 is 19.5 Å². The van der Waals surface area contributed by atoms with E-state index in [0.717, 1.165) is 5.56 Å². The third kappa shape index (κ3) is 5.12. The zero-order valence-corrected chi connectivity index (χ0v) is 13.5. The number of rotatable bonds is 8. The molecule has 0 aliphatic rings. The van der Waals surface area contributed by atoms with Gasteiger partial charge in [0.2, 0.25) is 5.95 Å². The average Bonchev–Trinajstić information content (AvgIpc) is 2.61. The number of nitrogens with one attached hydrogen (secondary N) is 1. The van der Waals surface area contributed by atoms with Crippen LogP contribution in [0, 0.1) is 5.95 Å². The molecule has 0 spiro atoms. The topological polar surface area (TPSA) is 69.7 Å². The van der Waals surface area contributed by atoms with Crippen LogP contribution in [0.4, 0.5) is 4.39 Å². The lowest BCUT2D eigenvalue weighted by atomic mass is 10.1. The summed E-state index contributed by atoms with van der Waals surface area (Å²) >= 11 is 0. The van der Waals surface area contributed by atoms with E-state index in [2.05, 4.69) is 10.3 Å². The van der Waals surface area contributed by atoms with Crippen LogP contribution < -0.4 is 19.5 Å². The number of amides is 1. The van der Waals surface area contributed by atoms with Gasteiger partial charge in [-0.1, -0.05) is 6.07 Å². The van der Waals surface area contributed by atoms with Crippen LogP contribution in [0.1, 0.15) is 5.56 Å². The van der Waals surface area contributed by atoms with Gasteiger partial charge in [-0.2, -0.15) is 4.39 Å². The highest BCUT2D eigenvalue weighted by Gasteiger charge is 2.06. The minimum Gasteiger partial charge on any atom is -0.493 e. The number of carbonyl (C=O) groups excluding carboxylic acids is 1. The molecule has 0 unspecified atom stereocenters. The first-order valence-corrected chi connectivity index (χ1v) is 7.34. The fourth-order valence-corrected chi connectivity index (χ4v) is 2.03. The molecule has 1 aromatic carbocycles. The highest BCUT2D eigenvalue weighted by Crippen LogP contribution is 2.27. The zero-order valence-electron chi connectivity index (χ0n) is 13.5. The van der Waals surface area contributed by atoms with Crippen molar-refractivity contribution in [3.05, 3.63) is 48.0 Å². The molecular weight excluding hydrogens is 315 g/mol. The summed E-state index contributed by atoms with van der Waals surface area (Å²) in [6.45, 7) is 0.304. The van der Waals surface area contributed by atoms with Crippen molar-refractivity contribution in [3.63, 3.8) is 0 Å². The molecule has 2 rings (SSSR count). The van der Waals surface area contributed by atoms with Gasteiger partial charge in [0.05, 0.1) is 20.4 Å². The van der Waals surface area contributed by atoms with Gasteiger partial charge in [0.1, 0.15) is 5.75 Å². The Hall–Kier alpha value is -2.83. The highest BCUT2D eigenvalue weighted by atomic mass is 19.1. The van der Waals surface area contributed by atoms with Crippen molar-refractivity contribution in [1.29, 1.82) is 0 Å². The summed E-state index contributed by atoms with van der Waals surface area (Å²) in [6.07, 6.45) is 1.87. The van der Waals surface area contributed by atoms with Gasteiger partial charge in [0.25, 0.3) is 5.91 Å². The van der Waals surface area contributed by atoms with E-state index >= 15 is 0 Å². The Balaban J connectivity index is 1.75. The Bertz CT molecular complexity index is 677. The van der Waals surface area contributed by atoms with E-state index in [1.165, 1.54) is 18.3 Å². The molecule has 6 nitrogen and oxygen atoms in total. The maximum Gasteiger partial charge on any atom is 0.257 e. The van der Waals surface area contributed by atoms with Gasteiger partial charge in [0.15, 0.2) is 18.1 Å². The number of nitrogens with zero attached hydrogens (tertiary/aromatic N) is 1. The molecule has 1 aromatic heterocycles. The Morgan fingerprint density at radius 3 is 2.62 bits per heavy atom. The van der Waals surface area contributed by atoms with Crippen LogP contribution in [0.25, 0.3) is 0 Å². The third-order valence-corrected chi connectivity index (χ3v) is 3.25. The zero-order chi connectivity index (χ0) is 17.4. The molecule has 0 fully saturated rings. The minimum atomic E-state index is -0.596. The van der Waals surface area contributed by atoms with Crippen LogP contribution in [0.15, 0.2) is 36.5 Å². The predicted molar refractivity (Wildman–Crippen MR) is 85.9 cm³/mol. The second-order valence-corrected chi connectivity index (χ2v) is 4.89. The fraction of sp³-hybridized carbons (Fsp3) is 0.294. The molecule has 0 aliphatic carbocycles. The number of benzene rings is 1. The molecule has 0 radical (unpaired) electrons. The number of aromatic nitrogens is 1. The van der Waals surface area contributed by atoms with Gasteiger partial charge in [-0.05, 0) is 36.2 Å². The molecule has 0 atom stereocenters. The van der Waals surface area contributed by atoms with E-state index in [1.807, 2.05) is 18.2 Å². The number of ether oxygens (including phenoxy) is 3. The fourth-order valence-electron chi connectivity index (χ4n) is 2.03. The predicted octanol–water partition coefficient (Wildman–Crippen LogP) is 1.98. The molecular formula is C17H19FN2O4. The molecule has 0 bridgehead atoms. The van der Waals surface area contributed by atoms with Crippen molar-refractivity contribution < 1.29 is 23.4 Å². The first-order valence-electron chi connectivity index (χ1n) is 7.34. The molecule has 1 amide bonds. The number of halogens is 1. The number of hydrogen-bond acceptors (Lipinski definition) is 5. The molecule has 2 aromatic rings. The van der Waals surface area contributed by atoms with Gasteiger partial charge >= 0.3 is 0 Å². The summed E-state index contributed by atoms with van der Waals surface area (Å²) in [5, 5.41) is 2.75. The minimum absolute atomic E-state index is 0.154. The lowest BCUT2D eigenvalue weighted by Crippen LogP contribution is -2.30. The number of hydrogen-bond donors (Lipinski definition) is 1. The van der Waals surface area contributed by atoms with E-state index in [-0.39, 0.29) is 12.5 Å². The second kappa shape index (κ2) is 8.71. The Kier molecular flexibility index (Phi) is 6.36. The quantitative estimate of drug-likeness (QED) is 0.748. The summed E-state index contributed by atoms with van der Waals surface area (Å²) < 4.78 is 28.3. The van der Waals surface area contributed by atoms with Crippen LogP contribution in [0.5, 0.6) is 17.2 Å². The van der Waals surface area contributed by atoms with Gasteiger partial charge in [-0.15, -0.1) is 0 Å². The van der Waals surface area contributed by atoms with E-state index in [0.29, 0.717) is 30.2 Å². The van der Waals surface area contributed by atoms with Crippen LogP contribution in [-0.2, 0) is 11.2 Å². The second-order valence-electron chi connectivity index (χ2n) is 4.89. The van der Waals surface area contributed by atoms with Crippen molar-refractivity contribution in [2.24, 2.45) is 0 Å². The van der Waals surface area contributed by atoms with Crippen molar-refractivity contribution in [2.75, 3.05) is 27.4 Å². The molecule has 24 heavy (non-hydrogen) atoms. The molecule has 0 saturated carbocycles. The van der Waals surface area contributed by atoms with E-state index in [9.17, 15) is 9.18 Å². The first kappa shape index (κ1) is 17.5. The Labute approximate surface area is 139 Å². The summed E-state index contributed by atoms with van der Waals surface area (Å²) in [5.74, 6) is 0.785. The molecule has 1 N–H and O–H groups in total. The molecule has 7 heteroatoms. The standard InChI is InChI=1S/C17H19FN2O4/c1-22-14-5-3-12(9-15(14)23-2)7-8-19-17(21)11-24-13-4-6-16(18)20-10-13/h3-6,9-10H,7-8,11H2,1-2H3,(H,19,21). The number of carbonyl (C=O) groups is 1. The average molecular weight is 334 g/mol. The first-order chi connectivity index (χ1) is 11.6. The van der Waals surface area contributed by atoms with Crippen LogP contribution in [-0.4, -0.2) is 38.3 Å². The van der Waals surface area contributed by atoms with Gasteiger partial charge in [-0.3, -0.25) is 4.79 Å². The van der Waals surface area contributed by atoms with Crippen LogP contribution in [0.2, 0.25) is 0 Å². The third-order valence-electron chi connectivity index (χ3n) is 3.25. The van der Waals surface area contributed by atoms with E-state index < -0.39 is 5.95 Å². The molecule has 0 saturated heterocycles. The van der Waals surface area contributed by atoms with Gasteiger partial charge in [0, 0.05) is 6.54 Å².